The fourth-order valence-electron chi connectivity index (χ4n) is 5.88. The van der Waals surface area contributed by atoms with Gasteiger partial charge in [-0.1, -0.05) is 41.5 Å². The van der Waals surface area contributed by atoms with Crippen LogP contribution in [0.1, 0.15) is 55.4 Å². The zero-order valence-corrected chi connectivity index (χ0v) is 25.0. The molecule has 1 saturated heterocycles. The molecule has 4 aromatic rings. The summed E-state index contributed by atoms with van der Waals surface area (Å²) in [5, 5.41) is 1.13. The number of amidine groups is 1. The number of carbonyl (C=O) groups is 1. The summed E-state index contributed by atoms with van der Waals surface area (Å²) < 4.78 is 5.78. The zero-order chi connectivity index (χ0) is 29.7. The number of fused-ring (bicyclic) bond motifs is 1. The average molecular weight is 562 g/mol. The molecule has 7 heteroatoms. The number of ether oxygens (including phenoxy) is 1. The monoisotopic (exact) mass is 561 g/mol. The fourth-order valence-corrected chi connectivity index (χ4v) is 5.88. The third kappa shape index (κ3) is 6.33. The van der Waals surface area contributed by atoms with Gasteiger partial charge in [0.1, 0.15) is 5.75 Å². The van der Waals surface area contributed by atoms with Crippen molar-refractivity contribution in [1.29, 1.82) is 0 Å². The first-order valence-corrected chi connectivity index (χ1v) is 14.7. The molecule has 2 heterocycles. The molecule has 1 fully saturated rings. The Morgan fingerprint density at radius 2 is 1.76 bits per heavy atom. The van der Waals surface area contributed by atoms with E-state index in [1.165, 1.54) is 16.7 Å². The second-order valence-corrected chi connectivity index (χ2v) is 11.7. The van der Waals surface area contributed by atoms with E-state index < -0.39 is 5.41 Å². The number of hydrogen-bond donors (Lipinski definition) is 2. The van der Waals surface area contributed by atoms with Crippen LogP contribution in [-0.2, 0) is 16.6 Å². The van der Waals surface area contributed by atoms with Gasteiger partial charge < -0.3 is 14.6 Å². The molecule has 1 amide bonds. The molecule has 0 radical (unpaired) electrons. The highest BCUT2D eigenvalue weighted by Crippen LogP contribution is 2.36. The van der Waals surface area contributed by atoms with E-state index in [1.54, 1.807) is 0 Å². The minimum atomic E-state index is -0.618. The van der Waals surface area contributed by atoms with E-state index >= 15 is 0 Å². The van der Waals surface area contributed by atoms with Crippen LogP contribution in [0.25, 0.3) is 27.1 Å². The van der Waals surface area contributed by atoms with Gasteiger partial charge in [0.05, 0.1) is 5.41 Å². The highest BCUT2D eigenvalue weighted by atomic mass is 16.5. The van der Waals surface area contributed by atoms with Crippen LogP contribution in [0.4, 0.5) is 0 Å². The molecule has 0 spiro atoms. The van der Waals surface area contributed by atoms with Crippen molar-refractivity contribution in [2.45, 2.75) is 58.8 Å². The van der Waals surface area contributed by atoms with Crippen molar-refractivity contribution in [3.63, 3.8) is 0 Å². The Morgan fingerprint density at radius 3 is 2.45 bits per heavy atom. The molecule has 0 atom stereocenters. The van der Waals surface area contributed by atoms with Crippen LogP contribution in [0.15, 0.2) is 71.7 Å². The summed E-state index contributed by atoms with van der Waals surface area (Å²) in [6.45, 7) is 17.7. The van der Waals surface area contributed by atoms with Gasteiger partial charge in [0.15, 0.2) is 0 Å². The molecule has 7 nitrogen and oxygen atoms in total. The van der Waals surface area contributed by atoms with E-state index in [2.05, 4.69) is 70.6 Å². The van der Waals surface area contributed by atoms with Crippen molar-refractivity contribution in [2.75, 3.05) is 19.6 Å². The lowest BCUT2D eigenvalue weighted by Gasteiger charge is -2.29. The molecular formula is C35H39N5O2. The maximum atomic E-state index is 13.5. The fraction of sp³-hybridized carbons (Fsp3) is 0.343. The van der Waals surface area contributed by atoms with Gasteiger partial charge >= 0.3 is 6.02 Å². The van der Waals surface area contributed by atoms with E-state index in [9.17, 15) is 4.79 Å². The SMILES string of the molecule is [C-]#[N+]NC(=NCCCc1c(-c2cc(C)cc(C)c2)[nH]c2ccc(C(C)(C)C(=O)N3CCCC3)cc12)Oc1ccccc1. The largest absolute Gasteiger partial charge is 0.422 e. The number of aryl methyl sites for hydroxylation is 3. The molecule has 216 valence electrons. The normalized spacial score (nSPS) is 13.8. The summed E-state index contributed by atoms with van der Waals surface area (Å²) in [6, 6.07) is 22.5. The van der Waals surface area contributed by atoms with Crippen LogP contribution < -0.4 is 10.2 Å². The topological polar surface area (TPSA) is 74.1 Å². The van der Waals surface area contributed by atoms with Crippen molar-refractivity contribution >= 4 is 22.8 Å². The van der Waals surface area contributed by atoms with Gasteiger partial charge in [-0.25, -0.2) is 4.99 Å². The molecule has 0 bridgehead atoms. The average Bonchev–Trinajstić information content (AvgIpc) is 3.63. The van der Waals surface area contributed by atoms with Crippen LogP contribution in [-0.4, -0.2) is 41.4 Å². The van der Waals surface area contributed by atoms with Crippen molar-refractivity contribution in [1.82, 2.24) is 15.3 Å². The quantitative estimate of drug-likeness (QED) is 0.0789. The van der Waals surface area contributed by atoms with Gasteiger partial charge in [-0.3, -0.25) is 4.79 Å². The number of aromatic amines is 1. The smallest absolute Gasteiger partial charge is 0.358 e. The number of H-pyrrole nitrogens is 1. The van der Waals surface area contributed by atoms with Crippen molar-refractivity contribution in [3.05, 3.63) is 101 Å². The zero-order valence-electron chi connectivity index (χ0n) is 25.0. The molecule has 0 aliphatic carbocycles. The molecule has 0 unspecified atom stereocenters. The van der Waals surface area contributed by atoms with Gasteiger partial charge in [-0.2, -0.15) is 11.5 Å². The number of aromatic nitrogens is 1. The molecule has 1 aliphatic heterocycles. The van der Waals surface area contributed by atoms with Gasteiger partial charge in [-0.15, -0.1) is 0 Å². The number of benzene rings is 3. The summed E-state index contributed by atoms with van der Waals surface area (Å²) in [4.78, 5) is 27.0. The third-order valence-corrected chi connectivity index (χ3v) is 8.02. The Kier molecular flexibility index (Phi) is 8.63. The highest BCUT2D eigenvalue weighted by molar-refractivity contribution is 5.94. The molecule has 5 rings (SSSR count). The van der Waals surface area contributed by atoms with E-state index in [0.29, 0.717) is 12.3 Å². The first-order valence-electron chi connectivity index (χ1n) is 14.7. The predicted molar refractivity (Wildman–Crippen MR) is 169 cm³/mol. The van der Waals surface area contributed by atoms with Gasteiger partial charge in [0.25, 0.3) is 0 Å². The number of rotatable bonds is 8. The molecule has 1 aliphatic rings. The number of hydrogen-bond acceptors (Lipinski definition) is 3. The van der Waals surface area contributed by atoms with Crippen LogP contribution in [0, 0.1) is 20.4 Å². The summed E-state index contributed by atoms with van der Waals surface area (Å²) in [5.41, 5.74) is 9.89. The molecule has 0 saturated carbocycles. The predicted octanol–water partition coefficient (Wildman–Crippen LogP) is 7.14. The maximum absolute atomic E-state index is 13.5. The molecule has 1 aromatic heterocycles. The second-order valence-electron chi connectivity index (χ2n) is 11.7. The lowest BCUT2D eigenvalue weighted by atomic mass is 9.82. The summed E-state index contributed by atoms with van der Waals surface area (Å²) in [7, 11) is 0. The van der Waals surface area contributed by atoms with Gasteiger partial charge in [0.2, 0.25) is 5.91 Å². The molecule has 42 heavy (non-hydrogen) atoms. The van der Waals surface area contributed by atoms with E-state index in [1.807, 2.05) is 49.1 Å². The molecule has 2 N–H and O–H groups in total. The van der Waals surface area contributed by atoms with Crippen LogP contribution in [0.5, 0.6) is 5.75 Å². The standard InChI is InChI=1S/C35H39N5O2/c1-24-20-25(2)22-26(21-24)32-29(14-11-17-37-34(39-36-5)42-28-12-7-6-8-13-28)30-23-27(15-16-31(30)38-32)35(3,4)33(41)40-18-9-10-19-40/h6-8,12-13,15-16,20-23,38H,9-11,14,17-19H2,1-4H3,(H,37,39). The number of nitrogens with zero attached hydrogens (tertiary/aromatic N) is 3. The number of para-hydroxylation sites is 1. The summed E-state index contributed by atoms with van der Waals surface area (Å²) >= 11 is 0. The van der Waals surface area contributed by atoms with E-state index in [0.717, 1.165) is 66.5 Å². The number of nitrogens with one attached hydrogen (secondary N) is 2. The summed E-state index contributed by atoms with van der Waals surface area (Å²) in [5.74, 6) is 0.818. The Hall–Kier alpha value is -4.57. The first kappa shape index (κ1) is 28.9. The van der Waals surface area contributed by atoms with E-state index in [-0.39, 0.29) is 11.9 Å². The van der Waals surface area contributed by atoms with Crippen LogP contribution in [0.2, 0.25) is 0 Å². The minimum absolute atomic E-state index is 0.189. The molecular weight excluding hydrogens is 522 g/mol. The van der Waals surface area contributed by atoms with E-state index in [4.69, 9.17) is 11.3 Å². The number of carbonyl (C=O) groups excluding carboxylic acids is 1. The van der Waals surface area contributed by atoms with Crippen molar-refractivity contribution in [2.24, 2.45) is 4.99 Å². The Bertz CT molecular complexity index is 1620. The molecule has 3 aromatic carbocycles. The van der Waals surface area contributed by atoms with Crippen LogP contribution in [0.3, 0.4) is 0 Å². The van der Waals surface area contributed by atoms with Gasteiger partial charge in [-0.05, 0) is 112 Å². The third-order valence-electron chi connectivity index (χ3n) is 8.02. The minimum Gasteiger partial charge on any atom is -0.422 e. The lowest BCUT2D eigenvalue weighted by Crippen LogP contribution is -2.41. The number of likely N-dealkylation sites (tertiary alicyclic amines) is 1. The number of aliphatic imine (C=N–C) groups is 1. The van der Waals surface area contributed by atoms with Crippen LogP contribution >= 0.6 is 0 Å². The maximum Gasteiger partial charge on any atom is 0.358 e. The Morgan fingerprint density at radius 1 is 1.05 bits per heavy atom. The van der Waals surface area contributed by atoms with Gasteiger partial charge in [0, 0.05) is 36.2 Å². The van der Waals surface area contributed by atoms with Crippen molar-refractivity contribution in [3.8, 4) is 17.0 Å². The number of amides is 1. The first-order chi connectivity index (χ1) is 20.3. The Labute approximate surface area is 248 Å². The van der Waals surface area contributed by atoms with Crippen molar-refractivity contribution < 1.29 is 9.53 Å². The summed E-state index contributed by atoms with van der Waals surface area (Å²) in [6.07, 6.45) is 3.68. The highest BCUT2D eigenvalue weighted by Gasteiger charge is 2.35. The lowest BCUT2D eigenvalue weighted by molar-refractivity contribution is -0.135. The Balaban J connectivity index is 1.47. The second kappa shape index (κ2) is 12.5.